The molecule has 1 saturated carbocycles. The van der Waals surface area contributed by atoms with Gasteiger partial charge in [0.15, 0.2) is 0 Å². The molecule has 1 aliphatic heterocycles. The molecule has 0 spiro atoms. The van der Waals surface area contributed by atoms with Gasteiger partial charge in [-0.3, -0.25) is 4.90 Å². The summed E-state index contributed by atoms with van der Waals surface area (Å²) in [4.78, 5) is 2.68. The molecule has 0 aromatic carbocycles. The van der Waals surface area contributed by atoms with Gasteiger partial charge in [0.2, 0.25) is 0 Å². The van der Waals surface area contributed by atoms with Gasteiger partial charge < -0.3 is 5.73 Å². The maximum atomic E-state index is 6.01. The van der Waals surface area contributed by atoms with Crippen molar-refractivity contribution in [2.45, 2.75) is 45.6 Å². The summed E-state index contributed by atoms with van der Waals surface area (Å²) in [6.07, 6.45) is 4.05. The molecular weight excluding hydrogens is 184 g/mol. The summed E-state index contributed by atoms with van der Waals surface area (Å²) in [6.45, 7) is 10.5. The van der Waals surface area contributed by atoms with E-state index in [1.807, 2.05) is 0 Å². The van der Waals surface area contributed by atoms with Crippen LogP contribution in [0.2, 0.25) is 0 Å². The van der Waals surface area contributed by atoms with Crippen molar-refractivity contribution in [2.24, 2.45) is 23.5 Å². The predicted molar refractivity (Wildman–Crippen MR) is 64.7 cm³/mol. The Labute approximate surface area is 94.2 Å². The minimum atomic E-state index is 0.389. The molecule has 1 atom stereocenters. The zero-order valence-electron chi connectivity index (χ0n) is 10.5. The zero-order chi connectivity index (χ0) is 11.1. The third-order valence-corrected chi connectivity index (χ3v) is 4.70. The Morgan fingerprint density at radius 2 is 2.07 bits per heavy atom. The average molecular weight is 210 g/mol. The largest absolute Gasteiger partial charge is 0.329 e. The van der Waals surface area contributed by atoms with E-state index in [0.29, 0.717) is 5.54 Å². The first kappa shape index (κ1) is 11.4. The van der Waals surface area contributed by atoms with E-state index in [-0.39, 0.29) is 0 Å². The molecule has 0 radical (unpaired) electrons. The smallest absolute Gasteiger partial charge is 0.0337 e. The van der Waals surface area contributed by atoms with Crippen molar-refractivity contribution < 1.29 is 0 Å². The van der Waals surface area contributed by atoms with Gasteiger partial charge in [0.05, 0.1) is 0 Å². The van der Waals surface area contributed by atoms with Crippen LogP contribution in [0.25, 0.3) is 0 Å². The van der Waals surface area contributed by atoms with Gasteiger partial charge in [0.1, 0.15) is 0 Å². The second-order valence-corrected chi connectivity index (χ2v) is 6.18. The van der Waals surface area contributed by atoms with Crippen LogP contribution in [0.4, 0.5) is 0 Å². The molecule has 15 heavy (non-hydrogen) atoms. The Bertz CT molecular complexity index is 219. The van der Waals surface area contributed by atoms with Gasteiger partial charge in [0, 0.05) is 18.6 Å². The summed E-state index contributed by atoms with van der Waals surface area (Å²) in [5, 5.41) is 0. The second-order valence-electron chi connectivity index (χ2n) is 6.18. The molecule has 1 heterocycles. The van der Waals surface area contributed by atoms with Crippen molar-refractivity contribution in [3.05, 3.63) is 0 Å². The van der Waals surface area contributed by atoms with E-state index in [1.54, 1.807) is 0 Å². The highest BCUT2D eigenvalue weighted by atomic mass is 15.2. The van der Waals surface area contributed by atoms with E-state index in [9.17, 15) is 0 Å². The number of hydrogen-bond acceptors (Lipinski definition) is 2. The molecule has 2 nitrogen and oxygen atoms in total. The number of likely N-dealkylation sites (tertiary alicyclic amines) is 1. The SMILES string of the molecule is CC1CCN(C2(CN)CC(C(C)C)C2)C1. The fraction of sp³-hybridized carbons (Fsp3) is 1.00. The van der Waals surface area contributed by atoms with Gasteiger partial charge in [-0.2, -0.15) is 0 Å². The van der Waals surface area contributed by atoms with Gasteiger partial charge in [0.25, 0.3) is 0 Å². The lowest BCUT2D eigenvalue weighted by molar-refractivity contribution is -0.0230. The molecule has 2 heteroatoms. The van der Waals surface area contributed by atoms with E-state index < -0.39 is 0 Å². The van der Waals surface area contributed by atoms with Crippen molar-refractivity contribution in [2.75, 3.05) is 19.6 Å². The minimum Gasteiger partial charge on any atom is -0.329 e. The quantitative estimate of drug-likeness (QED) is 0.773. The maximum Gasteiger partial charge on any atom is 0.0337 e. The summed E-state index contributed by atoms with van der Waals surface area (Å²) < 4.78 is 0. The maximum absolute atomic E-state index is 6.01. The van der Waals surface area contributed by atoms with Gasteiger partial charge >= 0.3 is 0 Å². The highest BCUT2D eigenvalue weighted by molar-refractivity contribution is 5.05. The van der Waals surface area contributed by atoms with Gasteiger partial charge in [-0.15, -0.1) is 0 Å². The summed E-state index contributed by atoms with van der Waals surface area (Å²) in [5.41, 5.74) is 6.40. The monoisotopic (exact) mass is 210 g/mol. The van der Waals surface area contributed by atoms with Crippen LogP contribution in [0.3, 0.4) is 0 Å². The number of nitrogens with zero attached hydrogens (tertiary/aromatic N) is 1. The van der Waals surface area contributed by atoms with Crippen LogP contribution in [0.15, 0.2) is 0 Å². The molecule has 1 unspecified atom stereocenters. The lowest BCUT2D eigenvalue weighted by Gasteiger charge is -2.54. The van der Waals surface area contributed by atoms with Crippen molar-refractivity contribution in [3.8, 4) is 0 Å². The zero-order valence-corrected chi connectivity index (χ0v) is 10.5. The number of nitrogens with two attached hydrogens (primary N) is 1. The van der Waals surface area contributed by atoms with Crippen LogP contribution >= 0.6 is 0 Å². The molecule has 0 amide bonds. The van der Waals surface area contributed by atoms with Crippen molar-refractivity contribution in [1.82, 2.24) is 4.90 Å². The van der Waals surface area contributed by atoms with Crippen LogP contribution in [-0.2, 0) is 0 Å². The number of rotatable bonds is 3. The Balaban J connectivity index is 1.94. The first-order valence-corrected chi connectivity index (χ1v) is 6.52. The highest BCUT2D eigenvalue weighted by Crippen LogP contribution is 2.46. The van der Waals surface area contributed by atoms with E-state index in [0.717, 1.165) is 24.3 Å². The first-order valence-electron chi connectivity index (χ1n) is 6.52. The summed E-state index contributed by atoms with van der Waals surface area (Å²) in [5.74, 6) is 2.64. The van der Waals surface area contributed by atoms with Gasteiger partial charge in [-0.05, 0) is 43.6 Å². The van der Waals surface area contributed by atoms with Crippen LogP contribution in [-0.4, -0.2) is 30.1 Å². The van der Waals surface area contributed by atoms with E-state index in [2.05, 4.69) is 25.7 Å². The highest BCUT2D eigenvalue weighted by Gasteiger charge is 2.49. The Kier molecular flexibility index (Phi) is 3.09. The fourth-order valence-corrected chi connectivity index (χ4v) is 3.31. The molecule has 0 aromatic rings. The molecule has 2 aliphatic rings. The molecule has 2 fully saturated rings. The summed E-state index contributed by atoms with van der Waals surface area (Å²) in [7, 11) is 0. The molecule has 1 aliphatic carbocycles. The molecule has 2 rings (SSSR count). The number of hydrogen-bond donors (Lipinski definition) is 1. The Morgan fingerprint density at radius 3 is 2.47 bits per heavy atom. The Morgan fingerprint density at radius 1 is 1.40 bits per heavy atom. The third kappa shape index (κ3) is 1.94. The predicted octanol–water partition coefficient (Wildman–Crippen LogP) is 2.09. The standard InChI is InChI=1S/C13H26N2/c1-10(2)12-6-13(7-12,9-14)15-5-4-11(3)8-15/h10-12H,4-9,14H2,1-3H3. The molecule has 1 saturated heterocycles. The Hall–Kier alpha value is -0.0800. The van der Waals surface area contributed by atoms with Crippen LogP contribution in [0.5, 0.6) is 0 Å². The van der Waals surface area contributed by atoms with Crippen molar-refractivity contribution in [1.29, 1.82) is 0 Å². The van der Waals surface area contributed by atoms with Gasteiger partial charge in [-0.1, -0.05) is 20.8 Å². The molecule has 88 valence electrons. The van der Waals surface area contributed by atoms with Crippen molar-refractivity contribution in [3.63, 3.8) is 0 Å². The van der Waals surface area contributed by atoms with Gasteiger partial charge in [-0.25, -0.2) is 0 Å². The topological polar surface area (TPSA) is 29.3 Å². The van der Waals surface area contributed by atoms with Crippen LogP contribution in [0, 0.1) is 17.8 Å². The van der Waals surface area contributed by atoms with Crippen molar-refractivity contribution >= 4 is 0 Å². The fourth-order valence-electron chi connectivity index (χ4n) is 3.31. The molecule has 2 N–H and O–H groups in total. The molecule has 0 aromatic heterocycles. The molecule has 0 bridgehead atoms. The van der Waals surface area contributed by atoms with E-state index in [1.165, 1.54) is 32.4 Å². The summed E-state index contributed by atoms with van der Waals surface area (Å²) in [6, 6.07) is 0. The first-order chi connectivity index (χ1) is 7.07. The average Bonchev–Trinajstić information content (AvgIpc) is 2.51. The van der Waals surface area contributed by atoms with Crippen LogP contribution in [0.1, 0.15) is 40.0 Å². The summed E-state index contributed by atoms with van der Waals surface area (Å²) >= 11 is 0. The van der Waals surface area contributed by atoms with E-state index >= 15 is 0 Å². The lowest BCUT2D eigenvalue weighted by atomic mass is 9.63. The molecular formula is C13H26N2. The second kappa shape index (κ2) is 4.06. The third-order valence-electron chi connectivity index (χ3n) is 4.70. The van der Waals surface area contributed by atoms with Crippen LogP contribution < -0.4 is 5.73 Å². The normalized spacial score (nSPS) is 42.2. The van der Waals surface area contributed by atoms with E-state index in [4.69, 9.17) is 5.73 Å². The minimum absolute atomic E-state index is 0.389. The lowest BCUT2D eigenvalue weighted by Crippen LogP contribution is -2.61.